The molecule has 0 N–H and O–H groups in total. The summed E-state index contributed by atoms with van der Waals surface area (Å²) in [6.07, 6.45) is 1.50. The predicted molar refractivity (Wildman–Crippen MR) is 65.9 cm³/mol. The minimum absolute atomic E-state index is 0.0616. The molecule has 0 radical (unpaired) electrons. The van der Waals surface area contributed by atoms with Crippen molar-refractivity contribution in [2.24, 2.45) is 0 Å². The molecule has 0 spiro atoms. The summed E-state index contributed by atoms with van der Waals surface area (Å²) in [4.78, 5) is 25.5. The molecule has 7 heteroatoms. The van der Waals surface area contributed by atoms with Crippen molar-refractivity contribution in [2.75, 3.05) is 13.7 Å². The Morgan fingerprint density at radius 2 is 2.21 bits per heavy atom. The highest BCUT2D eigenvalue weighted by molar-refractivity contribution is 5.92. The van der Waals surface area contributed by atoms with Gasteiger partial charge in [0.15, 0.2) is 6.61 Å². The number of non-ortho nitro benzene ring substituents is 1. The second-order valence-electron chi connectivity index (χ2n) is 3.60. The molecular formula is C12H10N2O5. The SMILES string of the molecule is COC(=O)COc1ccc([N+](=O)[O-])c2cccnc12. The highest BCUT2D eigenvalue weighted by Crippen LogP contribution is 2.31. The zero-order valence-corrected chi connectivity index (χ0v) is 10.0. The van der Waals surface area contributed by atoms with E-state index in [1.54, 1.807) is 12.1 Å². The zero-order valence-electron chi connectivity index (χ0n) is 10.0. The third kappa shape index (κ3) is 2.59. The fraction of sp³-hybridized carbons (Fsp3) is 0.167. The van der Waals surface area contributed by atoms with Gasteiger partial charge in [-0.15, -0.1) is 0 Å². The number of nitro benzene ring substituents is 1. The smallest absolute Gasteiger partial charge is 0.343 e. The maximum Gasteiger partial charge on any atom is 0.343 e. The van der Waals surface area contributed by atoms with E-state index in [2.05, 4.69) is 9.72 Å². The summed E-state index contributed by atoms with van der Waals surface area (Å²) in [5.41, 5.74) is 0.272. The molecule has 0 fully saturated rings. The molecule has 0 aliphatic heterocycles. The minimum Gasteiger partial charge on any atom is -0.480 e. The lowest BCUT2D eigenvalue weighted by Crippen LogP contribution is -2.12. The van der Waals surface area contributed by atoms with Crippen LogP contribution in [0.15, 0.2) is 30.5 Å². The van der Waals surface area contributed by atoms with Crippen LogP contribution in [0.1, 0.15) is 0 Å². The van der Waals surface area contributed by atoms with Crippen molar-refractivity contribution in [2.45, 2.75) is 0 Å². The van der Waals surface area contributed by atoms with Gasteiger partial charge in [0.05, 0.1) is 17.4 Å². The molecule has 2 aromatic rings. The Bertz CT molecular complexity index is 641. The summed E-state index contributed by atoms with van der Waals surface area (Å²) in [5.74, 6) is -0.242. The van der Waals surface area contributed by atoms with E-state index in [0.29, 0.717) is 16.7 Å². The predicted octanol–water partition coefficient (Wildman–Crippen LogP) is 1.69. The van der Waals surface area contributed by atoms with Crippen molar-refractivity contribution in [3.63, 3.8) is 0 Å². The molecule has 1 aromatic carbocycles. The Labute approximate surface area is 107 Å². The number of carbonyl (C=O) groups excluding carboxylic acids is 1. The second-order valence-corrected chi connectivity index (χ2v) is 3.60. The Morgan fingerprint density at radius 1 is 1.42 bits per heavy atom. The van der Waals surface area contributed by atoms with E-state index in [0.717, 1.165) is 0 Å². The van der Waals surface area contributed by atoms with E-state index in [1.807, 2.05) is 0 Å². The quantitative estimate of drug-likeness (QED) is 0.473. The molecule has 0 aliphatic rings. The fourth-order valence-electron chi connectivity index (χ4n) is 1.60. The highest BCUT2D eigenvalue weighted by Gasteiger charge is 2.16. The van der Waals surface area contributed by atoms with Crippen LogP contribution < -0.4 is 4.74 Å². The number of benzene rings is 1. The van der Waals surface area contributed by atoms with Gasteiger partial charge < -0.3 is 9.47 Å². The molecule has 19 heavy (non-hydrogen) atoms. The number of ether oxygens (including phenoxy) is 2. The molecule has 0 atom stereocenters. The van der Waals surface area contributed by atoms with Gasteiger partial charge in [0.2, 0.25) is 0 Å². The van der Waals surface area contributed by atoms with Gasteiger partial charge in [-0.1, -0.05) is 0 Å². The first kappa shape index (κ1) is 12.7. The van der Waals surface area contributed by atoms with Crippen molar-refractivity contribution in [1.82, 2.24) is 4.98 Å². The molecule has 7 nitrogen and oxygen atoms in total. The Hall–Kier alpha value is -2.70. The number of nitro groups is 1. The Morgan fingerprint density at radius 3 is 2.89 bits per heavy atom. The van der Waals surface area contributed by atoms with Crippen LogP contribution in [0.25, 0.3) is 10.9 Å². The normalized spacial score (nSPS) is 10.2. The van der Waals surface area contributed by atoms with Crippen LogP contribution in [-0.4, -0.2) is 29.6 Å². The van der Waals surface area contributed by atoms with Crippen LogP contribution in [0.3, 0.4) is 0 Å². The van der Waals surface area contributed by atoms with Gasteiger partial charge in [-0.25, -0.2) is 4.79 Å². The van der Waals surface area contributed by atoms with Gasteiger partial charge in [-0.05, 0) is 18.2 Å². The first-order valence-corrected chi connectivity index (χ1v) is 5.35. The van der Waals surface area contributed by atoms with Gasteiger partial charge >= 0.3 is 5.97 Å². The number of hydrogen-bond donors (Lipinski definition) is 0. The molecule has 0 amide bonds. The average Bonchev–Trinajstić information content (AvgIpc) is 2.43. The lowest BCUT2D eigenvalue weighted by atomic mass is 10.1. The maximum atomic E-state index is 11.0. The van der Waals surface area contributed by atoms with E-state index < -0.39 is 10.9 Å². The summed E-state index contributed by atoms with van der Waals surface area (Å²) in [7, 11) is 1.25. The van der Waals surface area contributed by atoms with Gasteiger partial charge in [0.1, 0.15) is 11.3 Å². The third-order valence-electron chi connectivity index (χ3n) is 2.48. The van der Waals surface area contributed by atoms with Crippen molar-refractivity contribution < 1.29 is 19.2 Å². The Balaban J connectivity index is 2.44. The molecule has 0 saturated carbocycles. The number of pyridine rings is 1. The minimum atomic E-state index is -0.539. The molecule has 1 aromatic heterocycles. The van der Waals surface area contributed by atoms with E-state index in [-0.39, 0.29) is 12.3 Å². The molecule has 1 heterocycles. The monoisotopic (exact) mass is 262 g/mol. The standard InChI is InChI=1S/C12H10N2O5/c1-18-11(15)7-19-10-5-4-9(14(16)17)8-3-2-6-13-12(8)10/h2-6H,7H2,1H3. The lowest BCUT2D eigenvalue weighted by Gasteiger charge is -2.07. The molecule has 0 aliphatic carbocycles. The van der Waals surface area contributed by atoms with Gasteiger partial charge in [-0.2, -0.15) is 0 Å². The summed E-state index contributed by atoms with van der Waals surface area (Å²) in [6.45, 7) is -0.278. The topological polar surface area (TPSA) is 91.6 Å². The highest BCUT2D eigenvalue weighted by atomic mass is 16.6. The molecule has 0 unspecified atom stereocenters. The summed E-state index contributed by atoms with van der Waals surface area (Å²) < 4.78 is 9.70. The van der Waals surface area contributed by atoms with Crippen molar-refractivity contribution >= 4 is 22.6 Å². The number of nitrogens with zero attached hydrogens (tertiary/aromatic N) is 2. The van der Waals surface area contributed by atoms with Crippen LogP contribution in [0, 0.1) is 10.1 Å². The number of rotatable bonds is 4. The molecule has 0 bridgehead atoms. The van der Waals surface area contributed by atoms with E-state index in [9.17, 15) is 14.9 Å². The van der Waals surface area contributed by atoms with Crippen molar-refractivity contribution in [3.8, 4) is 5.75 Å². The second kappa shape index (κ2) is 5.30. The van der Waals surface area contributed by atoms with Gasteiger partial charge in [0.25, 0.3) is 5.69 Å². The maximum absolute atomic E-state index is 11.0. The summed E-state index contributed by atoms with van der Waals surface area (Å²) in [5, 5.41) is 11.3. The number of methoxy groups -OCH3 is 1. The zero-order chi connectivity index (χ0) is 13.8. The molecule has 0 saturated heterocycles. The van der Waals surface area contributed by atoms with Crippen LogP contribution in [0.2, 0.25) is 0 Å². The first-order valence-electron chi connectivity index (χ1n) is 5.35. The number of fused-ring (bicyclic) bond motifs is 1. The van der Waals surface area contributed by atoms with Crippen molar-refractivity contribution in [1.29, 1.82) is 0 Å². The number of aromatic nitrogens is 1. The van der Waals surface area contributed by atoms with Crippen LogP contribution >= 0.6 is 0 Å². The van der Waals surface area contributed by atoms with Crippen molar-refractivity contribution in [3.05, 3.63) is 40.6 Å². The van der Waals surface area contributed by atoms with E-state index in [4.69, 9.17) is 4.74 Å². The third-order valence-corrected chi connectivity index (χ3v) is 2.48. The largest absolute Gasteiger partial charge is 0.480 e. The molecule has 2 rings (SSSR count). The van der Waals surface area contributed by atoms with E-state index >= 15 is 0 Å². The number of hydrogen-bond acceptors (Lipinski definition) is 6. The number of esters is 1. The molecular weight excluding hydrogens is 252 g/mol. The van der Waals surface area contributed by atoms with Gasteiger partial charge in [-0.3, -0.25) is 15.1 Å². The number of carbonyl (C=O) groups is 1. The van der Waals surface area contributed by atoms with Crippen LogP contribution in [0.5, 0.6) is 5.75 Å². The fourth-order valence-corrected chi connectivity index (χ4v) is 1.60. The summed E-state index contributed by atoms with van der Waals surface area (Å²) >= 11 is 0. The molecule has 98 valence electrons. The summed E-state index contributed by atoms with van der Waals surface area (Å²) in [6, 6.07) is 5.90. The lowest BCUT2D eigenvalue weighted by molar-refractivity contribution is -0.383. The average molecular weight is 262 g/mol. The van der Waals surface area contributed by atoms with Gasteiger partial charge in [0, 0.05) is 12.3 Å². The van der Waals surface area contributed by atoms with E-state index in [1.165, 1.54) is 25.4 Å². The van der Waals surface area contributed by atoms with Crippen LogP contribution in [0.4, 0.5) is 5.69 Å². The van der Waals surface area contributed by atoms with Crippen LogP contribution in [-0.2, 0) is 9.53 Å². The first-order chi connectivity index (χ1) is 9.13. The Kier molecular flexibility index (Phi) is 3.56.